The maximum absolute atomic E-state index is 5.33. The predicted octanol–water partition coefficient (Wildman–Crippen LogP) is 0.423. The van der Waals surface area contributed by atoms with E-state index in [0.717, 1.165) is 0 Å². The van der Waals surface area contributed by atoms with Gasteiger partial charge in [0.15, 0.2) is 6.17 Å². The van der Waals surface area contributed by atoms with Gasteiger partial charge in [0.25, 0.3) is 0 Å². The van der Waals surface area contributed by atoms with Gasteiger partial charge >= 0.3 is 0 Å². The molecule has 3 heteroatoms. The van der Waals surface area contributed by atoms with Crippen LogP contribution in [0.4, 0.5) is 0 Å². The molecule has 2 aliphatic heterocycles. The summed E-state index contributed by atoms with van der Waals surface area (Å²) in [7, 11) is 0. The van der Waals surface area contributed by atoms with E-state index in [0.29, 0.717) is 6.61 Å². The van der Waals surface area contributed by atoms with Crippen LogP contribution in [-0.2, 0) is 4.74 Å². The van der Waals surface area contributed by atoms with E-state index in [1.54, 1.807) is 12.4 Å². The second kappa shape index (κ2) is 2.34. The number of ether oxygens (including phenoxy) is 1. The van der Waals surface area contributed by atoms with E-state index in [-0.39, 0.29) is 12.3 Å². The van der Waals surface area contributed by atoms with Gasteiger partial charge in [-0.15, -0.1) is 0 Å². The lowest BCUT2D eigenvalue weighted by molar-refractivity contribution is 0.0907. The van der Waals surface area contributed by atoms with E-state index in [1.807, 2.05) is 12.2 Å². The van der Waals surface area contributed by atoms with Gasteiger partial charge in [-0.05, 0) is 6.08 Å². The highest BCUT2D eigenvalue weighted by Crippen LogP contribution is 2.12. The average molecular weight is 136 g/mol. The van der Waals surface area contributed by atoms with Crippen LogP contribution < -0.4 is 0 Å². The Morgan fingerprint density at radius 3 is 3.30 bits per heavy atom. The van der Waals surface area contributed by atoms with Gasteiger partial charge in [-0.1, -0.05) is 6.08 Å². The van der Waals surface area contributed by atoms with Crippen molar-refractivity contribution < 1.29 is 4.74 Å². The number of aliphatic imine (C=N–C) groups is 2. The molecule has 3 nitrogen and oxygen atoms in total. The third-order valence-corrected chi connectivity index (χ3v) is 1.54. The number of fused-ring (bicyclic) bond motifs is 1. The second-order valence-corrected chi connectivity index (χ2v) is 2.23. The molecule has 0 aliphatic carbocycles. The number of rotatable bonds is 0. The predicted molar refractivity (Wildman–Crippen MR) is 39.7 cm³/mol. The van der Waals surface area contributed by atoms with Crippen LogP contribution in [0.5, 0.6) is 0 Å². The molecule has 10 heavy (non-hydrogen) atoms. The molecule has 2 heterocycles. The zero-order valence-electron chi connectivity index (χ0n) is 5.47. The van der Waals surface area contributed by atoms with Crippen molar-refractivity contribution in [1.29, 1.82) is 0 Å². The number of nitrogens with zero attached hydrogens (tertiary/aromatic N) is 2. The SMILES string of the molecule is C1=CC2OCC=NC2N=C1. The fraction of sp³-hybridized carbons (Fsp3) is 0.429. The quantitative estimate of drug-likeness (QED) is 0.475. The highest BCUT2D eigenvalue weighted by Gasteiger charge is 2.20. The summed E-state index contributed by atoms with van der Waals surface area (Å²) in [6.45, 7) is 0.612. The molecule has 0 saturated carbocycles. The van der Waals surface area contributed by atoms with Gasteiger partial charge in [-0.3, -0.25) is 9.98 Å². The van der Waals surface area contributed by atoms with Crippen molar-refractivity contribution in [2.45, 2.75) is 12.3 Å². The van der Waals surface area contributed by atoms with Crippen molar-refractivity contribution in [3.63, 3.8) is 0 Å². The monoisotopic (exact) mass is 136 g/mol. The largest absolute Gasteiger partial charge is 0.364 e. The van der Waals surface area contributed by atoms with Crippen molar-refractivity contribution in [3.05, 3.63) is 12.2 Å². The first-order chi connectivity index (χ1) is 4.97. The normalized spacial score (nSPS) is 36.0. The molecule has 2 rings (SSSR count). The van der Waals surface area contributed by atoms with Crippen molar-refractivity contribution in [3.8, 4) is 0 Å². The summed E-state index contributed by atoms with van der Waals surface area (Å²) in [5.74, 6) is 0. The van der Waals surface area contributed by atoms with Crippen LogP contribution >= 0.6 is 0 Å². The van der Waals surface area contributed by atoms with Gasteiger partial charge in [0, 0.05) is 12.4 Å². The lowest BCUT2D eigenvalue weighted by atomic mass is 10.2. The summed E-state index contributed by atoms with van der Waals surface area (Å²) in [6, 6.07) is 0. The first-order valence-electron chi connectivity index (χ1n) is 3.30. The standard InChI is InChI=1S/C7H8N2O/c1-2-6-7(8-3-1)9-4-5-10-6/h1-4,6-7H,5H2. The Balaban J connectivity index is 2.21. The molecule has 0 fully saturated rings. The molecular formula is C7H8N2O. The maximum Gasteiger partial charge on any atom is 0.168 e. The fourth-order valence-corrected chi connectivity index (χ4v) is 1.05. The first-order valence-corrected chi connectivity index (χ1v) is 3.30. The molecule has 0 N–H and O–H groups in total. The molecule has 0 saturated heterocycles. The minimum Gasteiger partial charge on any atom is -0.364 e. The van der Waals surface area contributed by atoms with Crippen molar-refractivity contribution in [2.24, 2.45) is 9.98 Å². The van der Waals surface area contributed by atoms with E-state index in [9.17, 15) is 0 Å². The summed E-state index contributed by atoms with van der Waals surface area (Å²) >= 11 is 0. The molecule has 2 unspecified atom stereocenters. The number of allylic oxidation sites excluding steroid dienone is 1. The lowest BCUT2D eigenvalue weighted by Gasteiger charge is -2.22. The molecule has 2 aliphatic rings. The average Bonchev–Trinajstić information content (AvgIpc) is 2.05. The molecule has 0 aromatic heterocycles. The van der Waals surface area contributed by atoms with Gasteiger partial charge in [-0.2, -0.15) is 0 Å². The zero-order chi connectivity index (χ0) is 6.81. The molecule has 0 radical (unpaired) electrons. The van der Waals surface area contributed by atoms with Crippen LogP contribution in [-0.4, -0.2) is 31.3 Å². The number of hydrogen-bond donors (Lipinski definition) is 0. The number of dihydropyridines is 1. The Hall–Kier alpha value is -0.960. The molecule has 52 valence electrons. The smallest absolute Gasteiger partial charge is 0.168 e. The Morgan fingerprint density at radius 2 is 2.40 bits per heavy atom. The van der Waals surface area contributed by atoms with E-state index < -0.39 is 0 Å². The minimum absolute atomic E-state index is 0.0150. The summed E-state index contributed by atoms with van der Waals surface area (Å²) in [4.78, 5) is 8.27. The highest BCUT2D eigenvalue weighted by atomic mass is 16.5. The summed E-state index contributed by atoms with van der Waals surface area (Å²) < 4.78 is 5.33. The van der Waals surface area contributed by atoms with E-state index in [1.165, 1.54) is 0 Å². The van der Waals surface area contributed by atoms with Crippen molar-refractivity contribution >= 4 is 12.4 Å². The van der Waals surface area contributed by atoms with Gasteiger partial charge in [0.1, 0.15) is 6.10 Å². The van der Waals surface area contributed by atoms with Gasteiger partial charge in [0.2, 0.25) is 0 Å². The molecule has 0 aromatic rings. The lowest BCUT2D eigenvalue weighted by Crippen LogP contribution is -2.30. The molecule has 0 amide bonds. The Bertz CT molecular complexity index is 208. The molecule has 2 atom stereocenters. The Labute approximate surface area is 59.1 Å². The zero-order valence-corrected chi connectivity index (χ0v) is 5.47. The topological polar surface area (TPSA) is 34.0 Å². The van der Waals surface area contributed by atoms with E-state index >= 15 is 0 Å². The van der Waals surface area contributed by atoms with Crippen LogP contribution in [0.25, 0.3) is 0 Å². The first kappa shape index (κ1) is 5.80. The third kappa shape index (κ3) is 0.885. The van der Waals surface area contributed by atoms with Gasteiger partial charge < -0.3 is 4.74 Å². The molecule has 0 spiro atoms. The molecule has 0 aromatic carbocycles. The van der Waals surface area contributed by atoms with Crippen LogP contribution in [0.2, 0.25) is 0 Å². The maximum atomic E-state index is 5.33. The Kier molecular flexibility index (Phi) is 1.36. The van der Waals surface area contributed by atoms with Crippen LogP contribution in [0.3, 0.4) is 0 Å². The van der Waals surface area contributed by atoms with E-state index in [4.69, 9.17) is 4.74 Å². The van der Waals surface area contributed by atoms with Crippen LogP contribution in [0.15, 0.2) is 22.1 Å². The Morgan fingerprint density at radius 1 is 1.40 bits per heavy atom. The second-order valence-electron chi connectivity index (χ2n) is 2.23. The summed E-state index contributed by atoms with van der Waals surface area (Å²) in [5, 5.41) is 0. The summed E-state index contributed by atoms with van der Waals surface area (Å²) in [5.41, 5.74) is 0. The van der Waals surface area contributed by atoms with Crippen LogP contribution in [0.1, 0.15) is 0 Å². The number of hydrogen-bond acceptors (Lipinski definition) is 3. The van der Waals surface area contributed by atoms with Crippen LogP contribution in [0, 0.1) is 0 Å². The fourth-order valence-electron chi connectivity index (χ4n) is 1.05. The summed E-state index contributed by atoms with van der Waals surface area (Å²) in [6.07, 6.45) is 7.45. The highest BCUT2D eigenvalue weighted by molar-refractivity contribution is 5.73. The van der Waals surface area contributed by atoms with Gasteiger partial charge in [0.05, 0.1) is 6.61 Å². The van der Waals surface area contributed by atoms with Crippen molar-refractivity contribution in [1.82, 2.24) is 0 Å². The minimum atomic E-state index is -0.0150. The molecular weight excluding hydrogens is 128 g/mol. The molecule has 0 bridgehead atoms. The van der Waals surface area contributed by atoms with Crippen molar-refractivity contribution in [2.75, 3.05) is 6.61 Å². The third-order valence-electron chi connectivity index (χ3n) is 1.54. The van der Waals surface area contributed by atoms with Gasteiger partial charge in [-0.25, -0.2) is 0 Å². The van der Waals surface area contributed by atoms with E-state index in [2.05, 4.69) is 9.98 Å².